The van der Waals surface area contributed by atoms with Gasteiger partial charge in [0.15, 0.2) is 0 Å². The summed E-state index contributed by atoms with van der Waals surface area (Å²) in [6.45, 7) is 0. The minimum Gasteiger partial charge on any atom is -0.290 e. The molecule has 2 nitrogen and oxygen atoms in total. The minimum absolute atomic E-state index is 0.265. The molecule has 1 heterocycles. The number of fused-ring (bicyclic) bond motifs is 1. The Bertz CT molecular complexity index is 432. The molecule has 1 radical (unpaired) electrons. The van der Waals surface area contributed by atoms with Gasteiger partial charge in [0.1, 0.15) is 0 Å². The zero-order valence-electron chi connectivity index (χ0n) is 7.03. The second kappa shape index (κ2) is 3.35. The Labute approximate surface area is 76.2 Å². The standard InChI is InChI=1S/C11H8NO/c13-8-6-11-10-4-2-1-3-9(10)5-7-12-11/h1-5,7H,6H2. The molecular weight excluding hydrogens is 162 g/mol. The van der Waals surface area contributed by atoms with Crippen molar-refractivity contribution in [3.05, 3.63) is 42.2 Å². The zero-order chi connectivity index (χ0) is 9.10. The van der Waals surface area contributed by atoms with E-state index in [1.807, 2.05) is 36.6 Å². The summed E-state index contributed by atoms with van der Waals surface area (Å²) in [4.78, 5) is 14.4. The topological polar surface area (TPSA) is 30.0 Å². The number of pyridine rings is 1. The molecule has 63 valence electrons. The van der Waals surface area contributed by atoms with Crippen LogP contribution >= 0.6 is 0 Å². The highest BCUT2D eigenvalue weighted by Gasteiger charge is 1.99. The van der Waals surface area contributed by atoms with Gasteiger partial charge in [0.25, 0.3) is 0 Å². The number of nitrogens with zero attached hydrogens (tertiary/aromatic N) is 1. The predicted molar refractivity (Wildman–Crippen MR) is 51.1 cm³/mol. The Kier molecular flexibility index (Phi) is 2.04. The van der Waals surface area contributed by atoms with Gasteiger partial charge < -0.3 is 0 Å². The molecule has 0 aliphatic carbocycles. The van der Waals surface area contributed by atoms with E-state index in [-0.39, 0.29) is 6.42 Å². The van der Waals surface area contributed by atoms with Gasteiger partial charge in [0, 0.05) is 11.6 Å². The van der Waals surface area contributed by atoms with Gasteiger partial charge in [-0.2, -0.15) is 0 Å². The molecule has 0 N–H and O–H groups in total. The van der Waals surface area contributed by atoms with Crippen molar-refractivity contribution in [2.24, 2.45) is 0 Å². The molecule has 0 saturated carbocycles. The first kappa shape index (κ1) is 7.92. The number of hydrogen-bond acceptors (Lipinski definition) is 2. The number of rotatable bonds is 2. The molecular formula is C11H8NO. The number of aromatic nitrogens is 1. The lowest BCUT2D eigenvalue weighted by molar-refractivity contribution is 0.555. The lowest BCUT2D eigenvalue weighted by Gasteiger charge is -2.00. The van der Waals surface area contributed by atoms with Crippen LogP contribution in [-0.4, -0.2) is 11.3 Å². The molecule has 0 spiro atoms. The molecule has 1 aromatic heterocycles. The van der Waals surface area contributed by atoms with Crippen LogP contribution in [0.25, 0.3) is 10.8 Å². The molecule has 0 bridgehead atoms. The molecule has 1 aromatic carbocycles. The number of benzene rings is 1. The van der Waals surface area contributed by atoms with Gasteiger partial charge in [0.2, 0.25) is 6.29 Å². The van der Waals surface area contributed by atoms with Crippen LogP contribution in [0, 0.1) is 0 Å². The van der Waals surface area contributed by atoms with E-state index in [2.05, 4.69) is 4.98 Å². The summed E-state index contributed by atoms with van der Waals surface area (Å²) in [5.41, 5.74) is 0.799. The maximum atomic E-state index is 10.3. The third kappa shape index (κ3) is 1.43. The summed E-state index contributed by atoms with van der Waals surface area (Å²) in [6, 6.07) is 9.82. The molecule has 13 heavy (non-hydrogen) atoms. The molecule has 2 rings (SSSR count). The van der Waals surface area contributed by atoms with E-state index in [1.165, 1.54) is 0 Å². The first-order chi connectivity index (χ1) is 6.42. The van der Waals surface area contributed by atoms with E-state index in [0.717, 1.165) is 16.5 Å². The van der Waals surface area contributed by atoms with Gasteiger partial charge in [-0.15, -0.1) is 0 Å². The summed E-state index contributed by atoms with van der Waals surface area (Å²) in [6.07, 6.45) is 3.85. The van der Waals surface area contributed by atoms with Crippen LogP contribution in [-0.2, 0) is 11.2 Å². The Morgan fingerprint density at radius 3 is 2.92 bits per heavy atom. The van der Waals surface area contributed by atoms with Gasteiger partial charge in [-0.25, -0.2) is 0 Å². The van der Waals surface area contributed by atoms with Crippen LogP contribution in [0.4, 0.5) is 0 Å². The number of carbonyl (C=O) groups excluding carboxylic acids is 1. The summed E-state index contributed by atoms with van der Waals surface area (Å²) in [5.74, 6) is 0. The van der Waals surface area contributed by atoms with Gasteiger partial charge in [-0.3, -0.25) is 9.78 Å². The van der Waals surface area contributed by atoms with Crippen LogP contribution in [0.3, 0.4) is 0 Å². The van der Waals surface area contributed by atoms with Crippen LogP contribution in [0.1, 0.15) is 5.69 Å². The first-order valence-electron chi connectivity index (χ1n) is 4.09. The Hall–Kier alpha value is -1.70. The van der Waals surface area contributed by atoms with Crippen molar-refractivity contribution in [1.29, 1.82) is 0 Å². The van der Waals surface area contributed by atoms with Crippen molar-refractivity contribution in [2.75, 3.05) is 0 Å². The summed E-state index contributed by atoms with van der Waals surface area (Å²) in [7, 11) is 0. The van der Waals surface area contributed by atoms with Gasteiger partial charge in [0.05, 0.1) is 12.1 Å². The van der Waals surface area contributed by atoms with Crippen molar-refractivity contribution in [3.8, 4) is 0 Å². The molecule has 2 heteroatoms. The highest BCUT2D eigenvalue weighted by molar-refractivity contribution is 5.85. The summed E-state index contributed by atoms with van der Waals surface area (Å²) in [5, 5.41) is 2.15. The van der Waals surface area contributed by atoms with Crippen LogP contribution in [0.5, 0.6) is 0 Å². The molecule has 2 aromatic rings. The lowest BCUT2D eigenvalue weighted by atomic mass is 10.1. The fourth-order valence-electron chi connectivity index (χ4n) is 1.39. The molecule has 0 fully saturated rings. The monoisotopic (exact) mass is 170 g/mol. The van der Waals surface area contributed by atoms with Crippen molar-refractivity contribution < 1.29 is 4.79 Å². The third-order valence-corrected chi connectivity index (χ3v) is 2.00. The number of hydrogen-bond donors (Lipinski definition) is 0. The van der Waals surface area contributed by atoms with Crippen molar-refractivity contribution in [2.45, 2.75) is 6.42 Å². The molecule has 0 unspecified atom stereocenters. The van der Waals surface area contributed by atoms with Crippen molar-refractivity contribution in [1.82, 2.24) is 4.98 Å². The van der Waals surface area contributed by atoms with Crippen LogP contribution < -0.4 is 0 Å². The van der Waals surface area contributed by atoms with E-state index >= 15 is 0 Å². The van der Waals surface area contributed by atoms with Gasteiger partial charge in [-0.1, -0.05) is 24.3 Å². The Balaban J connectivity index is 2.68. The molecule has 0 aliphatic heterocycles. The summed E-state index contributed by atoms with van der Waals surface area (Å²) >= 11 is 0. The van der Waals surface area contributed by atoms with Gasteiger partial charge in [-0.05, 0) is 11.5 Å². The Morgan fingerprint density at radius 1 is 1.23 bits per heavy atom. The molecule has 0 aliphatic rings. The SMILES string of the molecule is O=[C]Cc1nccc2ccccc12. The first-order valence-corrected chi connectivity index (χ1v) is 4.09. The zero-order valence-corrected chi connectivity index (χ0v) is 7.03. The quantitative estimate of drug-likeness (QED) is 0.688. The molecule has 0 saturated heterocycles. The lowest BCUT2D eigenvalue weighted by Crippen LogP contribution is -1.91. The maximum Gasteiger partial charge on any atom is 0.204 e. The van der Waals surface area contributed by atoms with Crippen LogP contribution in [0.15, 0.2) is 36.5 Å². The smallest absolute Gasteiger partial charge is 0.204 e. The highest BCUT2D eigenvalue weighted by Crippen LogP contribution is 2.15. The van der Waals surface area contributed by atoms with E-state index < -0.39 is 0 Å². The fraction of sp³-hybridized carbons (Fsp3) is 0.0909. The molecule has 0 atom stereocenters. The highest BCUT2D eigenvalue weighted by atomic mass is 16.1. The van der Waals surface area contributed by atoms with Gasteiger partial charge >= 0.3 is 0 Å². The fourth-order valence-corrected chi connectivity index (χ4v) is 1.39. The second-order valence-electron chi connectivity index (χ2n) is 2.80. The molecule has 0 amide bonds. The van der Waals surface area contributed by atoms with E-state index in [4.69, 9.17) is 0 Å². The van der Waals surface area contributed by atoms with E-state index in [1.54, 1.807) is 6.20 Å². The average Bonchev–Trinajstić information content (AvgIpc) is 2.19. The second-order valence-corrected chi connectivity index (χ2v) is 2.80. The minimum atomic E-state index is 0.265. The van der Waals surface area contributed by atoms with Crippen LogP contribution in [0.2, 0.25) is 0 Å². The normalized spacial score (nSPS) is 10.2. The predicted octanol–water partition coefficient (Wildman–Crippen LogP) is 1.89. The van der Waals surface area contributed by atoms with Crippen molar-refractivity contribution in [3.63, 3.8) is 0 Å². The van der Waals surface area contributed by atoms with E-state index in [0.29, 0.717) is 0 Å². The Morgan fingerprint density at radius 2 is 2.08 bits per heavy atom. The van der Waals surface area contributed by atoms with Crippen molar-refractivity contribution >= 4 is 17.1 Å². The maximum absolute atomic E-state index is 10.3. The summed E-state index contributed by atoms with van der Waals surface area (Å²) < 4.78 is 0. The van der Waals surface area contributed by atoms with E-state index in [9.17, 15) is 4.79 Å². The average molecular weight is 170 g/mol. The largest absolute Gasteiger partial charge is 0.290 e. The third-order valence-electron chi connectivity index (χ3n) is 2.00.